The average Bonchev–Trinajstić information content (AvgIpc) is 2.93. The number of rotatable bonds is 11. The maximum Gasteiger partial charge on any atom is 0.261 e. The summed E-state index contributed by atoms with van der Waals surface area (Å²) in [6, 6.07) is 26.1. The molecule has 4 aromatic carbocycles. The lowest BCUT2D eigenvalue weighted by atomic mass is 10.1. The quantitative estimate of drug-likeness (QED) is 0.240. The highest BCUT2D eigenvalue weighted by Crippen LogP contribution is 2.24. The Labute approximate surface area is 240 Å². The Morgan fingerprint density at radius 1 is 0.805 bits per heavy atom. The number of carbonyl (C=O) groups excluding carboxylic acids is 1. The number of nitrogens with one attached hydrogen (secondary N) is 2. The SMILES string of the molecule is CCOc1ccc(NS(=O)(=O)c2ccc(NC(=O)c3ccc(N(Cc4ccccc4C)S(C)(=O)=O)cc3)cc2)cc1. The third kappa shape index (κ3) is 7.65. The third-order valence-electron chi connectivity index (χ3n) is 6.23. The van der Waals surface area contributed by atoms with E-state index in [0.29, 0.717) is 35.0 Å². The summed E-state index contributed by atoms with van der Waals surface area (Å²) >= 11 is 0. The molecule has 0 aliphatic carbocycles. The fraction of sp³-hybridized carbons (Fsp3) is 0.167. The van der Waals surface area contributed by atoms with Crippen molar-refractivity contribution in [2.75, 3.05) is 27.2 Å². The number of aryl methyl sites for hydroxylation is 1. The number of amides is 1. The summed E-state index contributed by atoms with van der Waals surface area (Å²) in [5.41, 5.74) is 3.38. The van der Waals surface area contributed by atoms with E-state index in [2.05, 4.69) is 10.0 Å². The first-order chi connectivity index (χ1) is 19.5. The summed E-state index contributed by atoms with van der Waals surface area (Å²) in [7, 11) is -7.43. The van der Waals surface area contributed by atoms with Gasteiger partial charge in [-0.15, -0.1) is 0 Å². The van der Waals surface area contributed by atoms with Crippen molar-refractivity contribution in [3.63, 3.8) is 0 Å². The zero-order valence-electron chi connectivity index (χ0n) is 22.9. The van der Waals surface area contributed by atoms with Crippen LogP contribution in [0.3, 0.4) is 0 Å². The predicted octanol–water partition coefficient (Wildman–Crippen LogP) is 5.41. The second-order valence-corrected chi connectivity index (χ2v) is 12.9. The summed E-state index contributed by atoms with van der Waals surface area (Å²) in [5, 5.41) is 2.73. The van der Waals surface area contributed by atoms with E-state index in [1.54, 1.807) is 48.5 Å². The lowest BCUT2D eigenvalue weighted by Crippen LogP contribution is -2.29. The van der Waals surface area contributed by atoms with Crippen LogP contribution in [0.15, 0.2) is 102 Å². The lowest BCUT2D eigenvalue weighted by Gasteiger charge is -2.23. The van der Waals surface area contributed by atoms with Crippen LogP contribution in [-0.4, -0.2) is 35.6 Å². The van der Waals surface area contributed by atoms with Gasteiger partial charge in [0.05, 0.1) is 30.0 Å². The van der Waals surface area contributed by atoms with Crippen LogP contribution < -0.4 is 19.1 Å². The number of sulfonamides is 2. The number of benzene rings is 4. The zero-order valence-corrected chi connectivity index (χ0v) is 24.5. The van der Waals surface area contributed by atoms with Gasteiger partial charge in [-0.25, -0.2) is 16.8 Å². The highest BCUT2D eigenvalue weighted by atomic mass is 32.2. The van der Waals surface area contributed by atoms with E-state index in [4.69, 9.17) is 4.74 Å². The minimum absolute atomic E-state index is 0.0308. The number of hydrogen-bond donors (Lipinski definition) is 2. The van der Waals surface area contributed by atoms with E-state index in [1.807, 2.05) is 38.1 Å². The fourth-order valence-electron chi connectivity index (χ4n) is 4.04. The summed E-state index contributed by atoms with van der Waals surface area (Å²) in [6.07, 6.45) is 1.14. The van der Waals surface area contributed by atoms with E-state index in [1.165, 1.54) is 28.6 Å². The molecule has 0 radical (unpaired) electrons. The monoisotopic (exact) mass is 593 g/mol. The number of ether oxygens (including phenoxy) is 1. The number of nitrogens with zero attached hydrogens (tertiary/aromatic N) is 1. The molecule has 0 saturated carbocycles. The van der Waals surface area contributed by atoms with E-state index in [-0.39, 0.29) is 11.4 Å². The van der Waals surface area contributed by atoms with E-state index < -0.39 is 26.0 Å². The van der Waals surface area contributed by atoms with E-state index in [0.717, 1.165) is 17.4 Å². The van der Waals surface area contributed by atoms with Crippen molar-refractivity contribution in [1.82, 2.24) is 0 Å². The van der Waals surface area contributed by atoms with Crippen LogP contribution in [0.1, 0.15) is 28.4 Å². The van der Waals surface area contributed by atoms with Gasteiger partial charge in [-0.2, -0.15) is 0 Å². The van der Waals surface area contributed by atoms with Gasteiger partial charge in [0.25, 0.3) is 15.9 Å². The molecule has 0 fully saturated rings. The van der Waals surface area contributed by atoms with Crippen LogP contribution in [-0.2, 0) is 26.6 Å². The molecule has 0 saturated heterocycles. The molecule has 4 aromatic rings. The summed E-state index contributed by atoms with van der Waals surface area (Å²) < 4.78 is 59.8. The van der Waals surface area contributed by atoms with E-state index >= 15 is 0 Å². The van der Waals surface area contributed by atoms with Crippen molar-refractivity contribution in [2.24, 2.45) is 0 Å². The van der Waals surface area contributed by atoms with E-state index in [9.17, 15) is 21.6 Å². The van der Waals surface area contributed by atoms with Gasteiger partial charge in [-0.3, -0.25) is 13.8 Å². The number of carbonyl (C=O) groups is 1. The van der Waals surface area contributed by atoms with Gasteiger partial charge in [0.1, 0.15) is 5.75 Å². The standard InChI is InChI=1S/C30H31N3O6S2/c1-4-39-28-17-11-26(12-18-28)32-41(37,38)29-19-13-25(14-20-29)31-30(34)23-9-15-27(16-10-23)33(40(3,35)36)21-24-8-6-5-7-22(24)2/h5-20,32H,4,21H2,1-3H3,(H,31,34). The molecular weight excluding hydrogens is 562 g/mol. The van der Waals surface area contributed by atoms with Crippen LogP contribution in [0.4, 0.5) is 17.1 Å². The number of anilines is 3. The molecule has 0 heterocycles. The maximum absolute atomic E-state index is 12.8. The van der Waals surface area contributed by atoms with Crippen LogP contribution in [0.5, 0.6) is 5.75 Å². The summed E-state index contributed by atoms with van der Waals surface area (Å²) in [6.45, 7) is 4.46. The predicted molar refractivity (Wildman–Crippen MR) is 161 cm³/mol. The van der Waals surface area contributed by atoms with Crippen molar-refractivity contribution in [3.8, 4) is 5.75 Å². The molecule has 2 N–H and O–H groups in total. The molecule has 0 aromatic heterocycles. The molecule has 0 aliphatic heterocycles. The summed E-state index contributed by atoms with van der Waals surface area (Å²) in [5.74, 6) is 0.213. The minimum atomic E-state index is -3.84. The Bertz CT molecular complexity index is 1720. The van der Waals surface area contributed by atoms with Gasteiger partial charge in [0, 0.05) is 16.9 Å². The topological polar surface area (TPSA) is 122 Å². The van der Waals surface area contributed by atoms with Crippen LogP contribution >= 0.6 is 0 Å². The maximum atomic E-state index is 12.8. The second-order valence-electron chi connectivity index (χ2n) is 9.28. The van der Waals surface area contributed by atoms with Crippen molar-refractivity contribution < 1.29 is 26.4 Å². The first-order valence-electron chi connectivity index (χ1n) is 12.8. The Morgan fingerprint density at radius 3 is 2.00 bits per heavy atom. The second kappa shape index (κ2) is 12.4. The molecule has 0 aliphatic rings. The molecule has 41 heavy (non-hydrogen) atoms. The fourth-order valence-corrected chi connectivity index (χ4v) is 5.98. The van der Waals surface area contributed by atoms with Gasteiger partial charge in [-0.05, 0) is 97.8 Å². The molecule has 214 valence electrons. The largest absolute Gasteiger partial charge is 0.494 e. The van der Waals surface area contributed by atoms with Crippen molar-refractivity contribution in [3.05, 3.63) is 114 Å². The Kier molecular flexibility index (Phi) is 8.99. The molecule has 4 rings (SSSR count). The van der Waals surface area contributed by atoms with Crippen molar-refractivity contribution in [2.45, 2.75) is 25.3 Å². The van der Waals surface area contributed by atoms with Crippen molar-refractivity contribution >= 4 is 43.0 Å². The molecule has 9 nitrogen and oxygen atoms in total. The van der Waals surface area contributed by atoms with Gasteiger partial charge in [0.15, 0.2) is 0 Å². The van der Waals surface area contributed by atoms with Crippen molar-refractivity contribution in [1.29, 1.82) is 0 Å². The smallest absolute Gasteiger partial charge is 0.261 e. The molecule has 0 unspecified atom stereocenters. The number of hydrogen-bond acceptors (Lipinski definition) is 6. The van der Waals surface area contributed by atoms with Gasteiger partial charge in [-0.1, -0.05) is 24.3 Å². The minimum Gasteiger partial charge on any atom is -0.494 e. The Morgan fingerprint density at radius 2 is 1.41 bits per heavy atom. The first kappa shape index (κ1) is 29.6. The molecule has 0 spiro atoms. The van der Waals surface area contributed by atoms with Gasteiger partial charge < -0.3 is 10.1 Å². The molecule has 1 amide bonds. The highest BCUT2D eigenvalue weighted by molar-refractivity contribution is 7.92. The molecule has 0 atom stereocenters. The average molecular weight is 594 g/mol. The van der Waals surface area contributed by atoms with Crippen LogP contribution in [0.25, 0.3) is 0 Å². The van der Waals surface area contributed by atoms with Crippen LogP contribution in [0, 0.1) is 6.92 Å². The first-order valence-corrected chi connectivity index (χ1v) is 16.1. The van der Waals surface area contributed by atoms with Gasteiger partial charge >= 0.3 is 0 Å². The van der Waals surface area contributed by atoms with Crippen LogP contribution in [0.2, 0.25) is 0 Å². The molecule has 11 heteroatoms. The Hall–Kier alpha value is -4.35. The molecular formula is C30H31N3O6S2. The highest BCUT2D eigenvalue weighted by Gasteiger charge is 2.20. The Balaban J connectivity index is 1.43. The van der Waals surface area contributed by atoms with Gasteiger partial charge in [0.2, 0.25) is 10.0 Å². The lowest BCUT2D eigenvalue weighted by molar-refractivity contribution is 0.102. The molecule has 0 bridgehead atoms. The third-order valence-corrected chi connectivity index (χ3v) is 8.77. The normalized spacial score (nSPS) is 11.5. The zero-order chi connectivity index (χ0) is 29.6. The summed E-state index contributed by atoms with van der Waals surface area (Å²) in [4.78, 5) is 12.9.